The minimum Gasteiger partial charge on any atom is -0.380 e. The van der Waals surface area contributed by atoms with Gasteiger partial charge in [-0.3, -0.25) is 9.69 Å². The van der Waals surface area contributed by atoms with Crippen LogP contribution in [-0.4, -0.2) is 61.1 Å². The maximum atomic E-state index is 14.8. The van der Waals surface area contributed by atoms with Gasteiger partial charge in [-0.1, -0.05) is 17.7 Å². The molecule has 0 radical (unpaired) electrons. The number of carbonyl (C=O) groups is 2. The first-order valence-corrected chi connectivity index (χ1v) is 11.4. The van der Waals surface area contributed by atoms with E-state index in [9.17, 15) is 14.0 Å². The zero-order valence-electron chi connectivity index (χ0n) is 18.7. The van der Waals surface area contributed by atoms with Crippen molar-refractivity contribution in [2.45, 2.75) is 37.5 Å². The normalized spacial score (nSPS) is 23.0. The topological polar surface area (TPSA) is 73.9 Å². The number of benzene rings is 2. The summed E-state index contributed by atoms with van der Waals surface area (Å²) in [6, 6.07) is 10.6. The number of halogens is 2. The van der Waals surface area contributed by atoms with Crippen LogP contribution in [-0.2, 0) is 9.53 Å². The second-order valence-corrected chi connectivity index (χ2v) is 9.00. The van der Waals surface area contributed by atoms with E-state index in [0.717, 1.165) is 24.9 Å². The summed E-state index contributed by atoms with van der Waals surface area (Å²) in [6.07, 6.45) is 2.10. The maximum absolute atomic E-state index is 14.8. The summed E-state index contributed by atoms with van der Waals surface area (Å²) in [5.74, 6) is -0.940. The minimum absolute atomic E-state index is 0.100. The van der Waals surface area contributed by atoms with Gasteiger partial charge in [0.15, 0.2) is 0 Å². The Labute approximate surface area is 197 Å². The van der Waals surface area contributed by atoms with E-state index >= 15 is 0 Å². The van der Waals surface area contributed by atoms with Gasteiger partial charge in [-0.25, -0.2) is 9.18 Å². The molecule has 3 amide bonds. The molecule has 0 bridgehead atoms. The average Bonchev–Trinajstić information content (AvgIpc) is 3.43. The molecule has 2 N–H and O–H groups in total. The number of ether oxygens (including phenoxy) is 1. The molecule has 0 aromatic heterocycles. The summed E-state index contributed by atoms with van der Waals surface area (Å²) >= 11 is 5.90. The van der Waals surface area contributed by atoms with Crippen LogP contribution in [0.3, 0.4) is 0 Å². The van der Waals surface area contributed by atoms with Gasteiger partial charge in [0.05, 0.1) is 11.8 Å². The number of rotatable bonds is 5. The van der Waals surface area contributed by atoms with Crippen molar-refractivity contribution < 1.29 is 18.7 Å². The van der Waals surface area contributed by atoms with Gasteiger partial charge in [0.2, 0.25) is 5.91 Å². The van der Waals surface area contributed by atoms with E-state index in [0.29, 0.717) is 17.1 Å². The predicted octanol–water partition coefficient (Wildman–Crippen LogP) is 4.51. The number of amides is 3. The zero-order valence-corrected chi connectivity index (χ0v) is 19.4. The number of methoxy groups -OCH3 is 1. The standard InChI is InChI=1S/C24H28ClFN4O3/c1-29-11-3-4-21(29)15-5-10-20(19(26)12-15)28-23(31)22-13-18(33-2)14-30(22)24(32)27-17-8-6-16(25)7-9-17/h5-10,12,18,21-22H,3-4,11,13-14H2,1-2H3,(H,27,32)(H,28,31)/t18-,21?,22-/m1/s1. The van der Waals surface area contributed by atoms with E-state index in [1.807, 2.05) is 13.1 Å². The number of hydrogen-bond donors (Lipinski definition) is 2. The highest BCUT2D eigenvalue weighted by molar-refractivity contribution is 6.30. The fraction of sp³-hybridized carbons (Fsp3) is 0.417. The fourth-order valence-corrected chi connectivity index (χ4v) is 4.68. The number of nitrogens with one attached hydrogen (secondary N) is 2. The van der Waals surface area contributed by atoms with E-state index < -0.39 is 23.8 Å². The predicted molar refractivity (Wildman–Crippen MR) is 126 cm³/mol. The third kappa shape index (κ3) is 5.29. The molecule has 0 aliphatic carbocycles. The summed E-state index contributed by atoms with van der Waals surface area (Å²) in [4.78, 5) is 29.6. The number of likely N-dealkylation sites (tertiary alicyclic amines) is 2. The molecule has 2 fully saturated rings. The lowest BCUT2D eigenvalue weighted by molar-refractivity contribution is -0.119. The quantitative estimate of drug-likeness (QED) is 0.669. The van der Waals surface area contributed by atoms with Crippen LogP contribution in [0.4, 0.5) is 20.6 Å². The molecule has 0 spiro atoms. The molecule has 2 aliphatic heterocycles. The van der Waals surface area contributed by atoms with Crippen LogP contribution < -0.4 is 10.6 Å². The smallest absolute Gasteiger partial charge is 0.322 e. The van der Waals surface area contributed by atoms with Gasteiger partial charge < -0.3 is 20.3 Å². The lowest BCUT2D eigenvalue weighted by Crippen LogP contribution is -2.45. The molecular formula is C24H28ClFN4O3. The van der Waals surface area contributed by atoms with Gasteiger partial charge in [-0.15, -0.1) is 0 Å². The zero-order chi connectivity index (χ0) is 23.5. The van der Waals surface area contributed by atoms with Crippen molar-refractivity contribution in [3.8, 4) is 0 Å². The second-order valence-electron chi connectivity index (χ2n) is 8.57. The first-order chi connectivity index (χ1) is 15.9. The SMILES string of the molecule is CO[C@@H]1C[C@H](C(=O)Nc2ccc(C3CCCN3C)cc2F)N(C(=O)Nc2ccc(Cl)cc2)C1. The second kappa shape index (κ2) is 10.1. The highest BCUT2D eigenvalue weighted by Gasteiger charge is 2.40. The molecule has 2 heterocycles. The molecule has 2 aromatic rings. The molecule has 33 heavy (non-hydrogen) atoms. The van der Waals surface area contributed by atoms with Gasteiger partial charge in [0.1, 0.15) is 11.9 Å². The third-order valence-corrected chi connectivity index (χ3v) is 6.66. The van der Waals surface area contributed by atoms with Gasteiger partial charge in [-0.2, -0.15) is 0 Å². The lowest BCUT2D eigenvalue weighted by Gasteiger charge is -2.24. The number of carbonyl (C=O) groups excluding carboxylic acids is 2. The summed E-state index contributed by atoms with van der Waals surface area (Å²) in [7, 11) is 3.57. The van der Waals surface area contributed by atoms with Gasteiger partial charge in [-0.05, 0) is 68.4 Å². The molecule has 176 valence electrons. The highest BCUT2D eigenvalue weighted by Crippen LogP contribution is 2.32. The van der Waals surface area contributed by atoms with Crippen molar-refractivity contribution in [1.29, 1.82) is 0 Å². The third-order valence-electron chi connectivity index (χ3n) is 6.41. The first kappa shape index (κ1) is 23.5. The summed E-state index contributed by atoms with van der Waals surface area (Å²) < 4.78 is 20.2. The Hall–Kier alpha value is -2.68. The molecule has 0 saturated carbocycles. The summed E-state index contributed by atoms with van der Waals surface area (Å²) in [6.45, 7) is 1.24. The molecule has 4 rings (SSSR count). The van der Waals surface area contributed by atoms with Crippen LogP contribution in [0, 0.1) is 5.82 Å². The van der Waals surface area contributed by atoms with E-state index in [1.165, 1.54) is 11.0 Å². The molecule has 3 atom stereocenters. The number of nitrogens with zero attached hydrogens (tertiary/aromatic N) is 2. The van der Waals surface area contributed by atoms with Gasteiger partial charge in [0, 0.05) is 36.8 Å². The van der Waals surface area contributed by atoms with E-state index in [4.69, 9.17) is 16.3 Å². The minimum atomic E-state index is -0.790. The maximum Gasteiger partial charge on any atom is 0.322 e. The molecule has 2 aromatic carbocycles. The molecule has 2 saturated heterocycles. The molecular weight excluding hydrogens is 447 g/mol. The Morgan fingerprint density at radius 1 is 1.15 bits per heavy atom. The van der Waals surface area contributed by atoms with E-state index in [-0.39, 0.29) is 24.4 Å². The Balaban J connectivity index is 1.46. The van der Waals surface area contributed by atoms with E-state index in [1.54, 1.807) is 37.4 Å². The summed E-state index contributed by atoms with van der Waals surface area (Å²) in [5.41, 5.74) is 1.56. The van der Waals surface area contributed by atoms with Crippen molar-refractivity contribution in [2.24, 2.45) is 0 Å². The van der Waals surface area contributed by atoms with Crippen LogP contribution in [0.15, 0.2) is 42.5 Å². The van der Waals surface area contributed by atoms with Crippen molar-refractivity contribution >= 4 is 34.9 Å². The van der Waals surface area contributed by atoms with Crippen molar-refractivity contribution in [3.63, 3.8) is 0 Å². The number of urea groups is 1. The molecule has 2 aliphatic rings. The van der Waals surface area contributed by atoms with Crippen molar-refractivity contribution in [1.82, 2.24) is 9.80 Å². The summed E-state index contributed by atoms with van der Waals surface area (Å²) in [5, 5.41) is 5.99. The molecule has 9 heteroatoms. The van der Waals surface area contributed by atoms with Crippen molar-refractivity contribution in [2.75, 3.05) is 37.9 Å². The lowest BCUT2D eigenvalue weighted by atomic mass is 10.0. The Kier molecular flexibility index (Phi) is 7.17. The number of anilines is 2. The van der Waals surface area contributed by atoms with Crippen LogP contribution in [0.2, 0.25) is 5.02 Å². The van der Waals surface area contributed by atoms with Crippen LogP contribution in [0.25, 0.3) is 0 Å². The van der Waals surface area contributed by atoms with E-state index in [2.05, 4.69) is 15.5 Å². The van der Waals surface area contributed by atoms with Gasteiger partial charge in [0.25, 0.3) is 0 Å². The molecule has 1 unspecified atom stereocenters. The Morgan fingerprint density at radius 2 is 1.91 bits per heavy atom. The Morgan fingerprint density at radius 3 is 2.55 bits per heavy atom. The van der Waals surface area contributed by atoms with Gasteiger partial charge >= 0.3 is 6.03 Å². The first-order valence-electron chi connectivity index (χ1n) is 11.0. The van der Waals surface area contributed by atoms with Crippen LogP contribution in [0.1, 0.15) is 30.9 Å². The van der Waals surface area contributed by atoms with Crippen LogP contribution in [0.5, 0.6) is 0 Å². The van der Waals surface area contributed by atoms with Crippen LogP contribution >= 0.6 is 11.6 Å². The highest BCUT2D eigenvalue weighted by atomic mass is 35.5. The average molecular weight is 475 g/mol. The van der Waals surface area contributed by atoms with Crippen molar-refractivity contribution in [3.05, 3.63) is 58.9 Å². The number of hydrogen-bond acceptors (Lipinski definition) is 4. The Bertz CT molecular complexity index is 1020. The fourth-order valence-electron chi connectivity index (χ4n) is 4.56. The largest absolute Gasteiger partial charge is 0.380 e. The molecule has 7 nitrogen and oxygen atoms in total. The monoisotopic (exact) mass is 474 g/mol.